The van der Waals surface area contributed by atoms with Crippen LogP contribution >= 0.6 is 0 Å². The van der Waals surface area contributed by atoms with Crippen LogP contribution in [0.2, 0.25) is 0 Å². The number of likely N-dealkylation sites (N-methyl/N-ethyl adjacent to an activating group) is 1. The zero-order valence-corrected chi connectivity index (χ0v) is 20.2. The summed E-state index contributed by atoms with van der Waals surface area (Å²) in [6.45, 7) is 2.21. The van der Waals surface area contributed by atoms with Crippen molar-refractivity contribution in [3.05, 3.63) is 68.9 Å². The van der Waals surface area contributed by atoms with Gasteiger partial charge in [-0.1, -0.05) is 12.1 Å². The molecule has 5 rings (SSSR count). The maximum Gasteiger partial charge on any atom is 0.329 e. The van der Waals surface area contributed by atoms with E-state index in [0.29, 0.717) is 42.9 Å². The summed E-state index contributed by atoms with van der Waals surface area (Å²) >= 11 is 0. The topological polar surface area (TPSA) is 125 Å². The molecule has 1 amide bonds. The van der Waals surface area contributed by atoms with Crippen LogP contribution in [0.4, 0.5) is 5.69 Å². The van der Waals surface area contributed by atoms with Gasteiger partial charge in [-0.15, -0.1) is 0 Å². The van der Waals surface area contributed by atoms with Crippen LogP contribution in [0.25, 0.3) is 10.9 Å². The van der Waals surface area contributed by atoms with Crippen molar-refractivity contribution in [3.63, 3.8) is 0 Å². The molecule has 0 unspecified atom stereocenters. The number of hydrogen-bond donors (Lipinski definition) is 2. The van der Waals surface area contributed by atoms with Gasteiger partial charge in [0.1, 0.15) is 0 Å². The van der Waals surface area contributed by atoms with E-state index in [1.54, 1.807) is 30.3 Å². The number of carbonyl (C=O) groups excluding carboxylic acids is 1. The molecule has 2 aromatic carbocycles. The lowest BCUT2D eigenvalue weighted by Crippen LogP contribution is -2.47. The standard InChI is InChI=1S/C24H27N5O5S/c1-27-10-12-28(13-11-27)35(33,34)19-7-2-16(3-8-19)15-29-23(31)20-14-18(25-22(30)17-4-5-17)6-9-21(20)26-24(29)32/h2-3,6-9,14,17H,4-5,10-13,15H2,1H3,(H,25,30)(H,26,32). The number of aromatic nitrogens is 2. The Labute approximate surface area is 202 Å². The fourth-order valence-electron chi connectivity index (χ4n) is 4.19. The second-order valence-electron chi connectivity index (χ2n) is 9.20. The summed E-state index contributed by atoms with van der Waals surface area (Å²) in [5.74, 6) is -0.0401. The first-order chi connectivity index (χ1) is 16.7. The summed E-state index contributed by atoms with van der Waals surface area (Å²) < 4.78 is 28.4. The van der Waals surface area contributed by atoms with Crippen LogP contribution in [-0.2, 0) is 21.4 Å². The second-order valence-corrected chi connectivity index (χ2v) is 11.1. The third kappa shape index (κ3) is 4.79. The Morgan fingerprint density at radius 1 is 1.03 bits per heavy atom. The number of nitrogens with one attached hydrogen (secondary N) is 2. The van der Waals surface area contributed by atoms with Crippen molar-refractivity contribution in [1.29, 1.82) is 0 Å². The Kier molecular flexibility index (Phi) is 6.07. The average molecular weight is 498 g/mol. The summed E-state index contributed by atoms with van der Waals surface area (Å²) in [6.07, 6.45) is 1.74. The van der Waals surface area contributed by atoms with Gasteiger partial charge >= 0.3 is 5.69 Å². The minimum Gasteiger partial charge on any atom is -0.326 e. The normalized spacial score (nSPS) is 17.5. The lowest BCUT2D eigenvalue weighted by atomic mass is 10.2. The number of hydrogen-bond acceptors (Lipinski definition) is 6. The van der Waals surface area contributed by atoms with E-state index in [1.807, 2.05) is 7.05 Å². The molecule has 0 radical (unpaired) electrons. The van der Waals surface area contributed by atoms with Crippen molar-refractivity contribution in [2.75, 3.05) is 38.5 Å². The number of piperazine rings is 1. The monoisotopic (exact) mass is 497 g/mol. The van der Waals surface area contributed by atoms with Gasteiger partial charge < -0.3 is 15.2 Å². The van der Waals surface area contributed by atoms with Crippen LogP contribution < -0.4 is 16.6 Å². The van der Waals surface area contributed by atoms with Gasteiger partial charge in [-0.2, -0.15) is 4.31 Å². The number of rotatable bonds is 6. The fourth-order valence-corrected chi connectivity index (χ4v) is 5.61. The maximum absolute atomic E-state index is 13.1. The molecule has 2 aliphatic rings. The Morgan fingerprint density at radius 3 is 2.37 bits per heavy atom. The zero-order chi connectivity index (χ0) is 24.7. The molecule has 1 aliphatic carbocycles. The second kappa shape index (κ2) is 9.06. The Balaban J connectivity index is 1.39. The lowest BCUT2D eigenvalue weighted by molar-refractivity contribution is -0.117. The molecule has 2 N–H and O–H groups in total. The molecule has 0 bridgehead atoms. The fraction of sp³-hybridized carbons (Fsp3) is 0.375. The minimum absolute atomic E-state index is 0.0163. The lowest BCUT2D eigenvalue weighted by Gasteiger charge is -2.31. The molecule has 1 aromatic heterocycles. The van der Waals surface area contributed by atoms with Crippen LogP contribution in [0, 0.1) is 5.92 Å². The minimum atomic E-state index is -3.60. The highest BCUT2D eigenvalue weighted by Crippen LogP contribution is 2.30. The molecule has 0 spiro atoms. The number of H-pyrrole nitrogens is 1. The molecule has 2 fully saturated rings. The molecule has 184 valence electrons. The SMILES string of the molecule is CN1CCN(S(=O)(=O)c2ccc(Cn3c(=O)[nH]c4ccc(NC(=O)C5CC5)cc4c3=O)cc2)CC1. The Morgan fingerprint density at radius 2 is 1.71 bits per heavy atom. The van der Waals surface area contributed by atoms with Gasteiger partial charge in [-0.25, -0.2) is 13.2 Å². The summed E-state index contributed by atoms with van der Waals surface area (Å²) in [4.78, 5) is 42.8. The highest BCUT2D eigenvalue weighted by atomic mass is 32.2. The van der Waals surface area contributed by atoms with E-state index in [1.165, 1.54) is 16.4 Å². The van der Waals surface area contributed by atoms with Gasteiger partial charge in [0.05, 0.1) is 22.3 Å². The van der Waals surface area contributed by atoms with Crippen LogP contribution in [-0.4, -0.2) is 66.3 Å². The molecule has 3 aromatic rings. The quantitative estimate of drug-likeness (QED) is 0.524. The average Bonchev–Trinajstić information content (AvgIpc) is 3.69. The predicted molar refractivity (Wildman–Crippen MR) is 132 cm³/mol. The van der Waals surface area contributed by atoms with Crippen molar-refractivity contribution >= 4 is 32.5 Å². The van der Waals surface area contributed by atoms with Gasteiger partial charge in [-0.3, -0.25) is 14.2 Å². The van der Waals surface area contributed by atoms with Crippen molar-refractivity contribution < 1.29 is 13.2 Å². The van der Waals surface area contributed by atoms with Crippen LogP contribution in [0.3, 0.4) is 0 Å². The first kappa shape index (κ1) is 23.5. The van der Waals surface area contributed by atoms with Gasteiger partial charge in [0, 0.05) is 37.8 Å². The molecular weight excluding hydrogens is 470 g/mol. The van der Waals surface area contributed by atoms with Crippen LogP contribution in [0.5, 0.6) is 0 Å². The number of sulfonamides is 1. The molecule has 2 heterocycles. The van der Waals surface area contributed by atoms with E-state index in [-0.39, 0.29) is 28.7 Å². The smallest absolute Gasteiger partial charge is 0.326 e. The predicted octanol–water partition coefficient (Wildman–Crippen LogP) is 1.02. The van der Waals surface area contributed by atoms with Crippen molar-refractivity contribution in [3.8, 4) is 0 Å². The number of amides is 1. The third-order valence-electron chi connectivity index (χ3n) is 6.56. The van der Waals surface area contributed by atoms with Gasteiger partial charge in [0.25, 0.3) is 5.56 Å². The Bertz CT molecular complexity index is 1500. The van der Waals surface area contributed by atoms with Gasteiger partial charge in [0.2, 0.25) is 15.9 Å². The highest BCUT2D eigenvalue weighted by Gasteiger charge is 2.30. The molecule has 1 aliphatic heterocycles. The number of nitrogens with zero attached hydrogens (tertiary/aromatic N) is 3. The summed E-state index contributed by atoms with van der Waals surface area (Å²) in [5, 5.41) is 3.10. The van der Waals surface area contributed by atoms with Crippen molar-refractivity contribution in [2.24, 2.45) is 5.92 Å². The molecule has 10 nitrogen and oxygen atoms in total. The number of fused-ring (bicyclic) bond motifs is 1. The first-order valence-corrected chi connectivity index (χ1v) is 13.0. The van der Waals surface area contributed by atoms with Gasteiger partial charge in [-0.05, 0) is 55.8 Å². The largest absolute Gasteiger partial charge is 0.329 e. The molecule has 0 atom stereocenters. The summed E-state index contributed by atoms with van der Waals surface area (Å²) in [6, 6.07) is 11.1. The van der Waals surface area contributed by atoms with Crippen LogP contribution in [0.15, 0.2) is 56.9 Å². The molecule has 11 heteroatoms. The van der Waals surface area contributed by atoms with E-state index in [2.05, 4.69) is 15.2 Å². The maximum atomic E-state index is 13.1. The van der Waals surface area contributed by atoms with Crippen LogP contribution in [0.1, 0.15) is 18.4 Å². The first-order valence-electron chi connectivity index (χ1n) is 11.6. The zero-order valence-electron chi connectivity index (χ0n) is 19.4. The highest BCUT2D eigenvalue weighted by molar-refractivity contribution is 7.89. The van der Waals surface area contributed by atoms with E-state index in [4.69, 9.17) is 0 Å². The number of benzene rings is 2. The van der Waals surface area contributed by atoms with E-state index < -0.39 is 21.3 Å². The molecule has 35 heavy (non-hydrogen) atoms. The molecule has 1 saturated heterocycles. The van der Waals surface area contributed by atoms with E-state index >= 15 is 0 Å². The third-order valence-corrected chi connectivity index (χ3v) is 8.47. The molecular formula is C24H27N5O5S. The summed E-state index contributed by atoms with van der Waals surface area (Å²) in [7, 11) is -1.64. The van der Waals surface area contributed by atoms with E-state index in [0.717, 1.165) is 17.4 Å². The van der Waals surface area contributed by atoms with Gasteiger partial charge in [0.15, 0.2) is 0 Å². The van der Waals surface area contributed by atoms with Crippen molar-refractivity contribution in [2.45, 2.75) is 24.3 Å². The Hall–Kier alpha value is -3.28. The number of carbonyl (C=O) groups is 1. The molecule has 1 saturated carbocycles. The van der Waals surface area contributed by atoms with Crippen molar-refractivity contribution in [1.82, 2.24) is 18.8 Å². The summed E-state index contributed by atoms with van der Waals surface area (Å²) in [5.41, 5.74) is 0.456. The number of aromatic amines is 1. The number of anilines is 1. The van der Waals surface area contributed by atoms with E-state index in [9.17, 15) is 22.8 Å².